The van der Waals surface area contributed by atoms with Crippen LogP contribution >= 0.6 is 11.7 Å². The van der Waals surface area contributed by atoms with Gasteiger partial charge in [0.2, 0.25) is 5.88 Å². The normalized spacial score (nSPS) is 11.7. The number of aromatic nitrogens is 2. The van der Waals surface area contributed by atoms with Gasteiger partial charge in [0.1, 0.15) is 18.4 Å². The van der Waals surface area contributed by atoms with E-state index in [1.54, 1.807) is 19.1 Å². The number of carbonyl (C=O) groups is 2. The lowest BCUT2D eigenvalue weighted by Crippen LogP contribution is -2.37. The molecule has 1 heterocycles. The van der Waals surface area contributed by atoms with Crippen LogP contribution in [0.5, 0.6) is 5.88 Å². The van der Waals surface area contributed by atoms with Crippen LogP contribution in [0.4, 0.5) is 0 Å². The number of carbonyl (C=O) groups excluding carboxylic acids is 2. The standard InChI is InChI=1S/C19H26N4O5S/c1-2-27-17(25)9-8-16-19(23-29-22-16)28-13-15(24)12-20-10-11-21-18(26)14-6-4-3-5-7-14/h3-7,15,20,24H,2,8-13H2,1H3,(H,21,26). The highest BCUT2D eigenvalue weighted by atomic mass is 32.1. The van der Waals surface area contributed by atoms with Crippen LogP contribution in [-0.2, 0) is 16.0 Å². The molecular formula is C19H26N4O5S. The second-order valence-electron chi connectivity index (χ2n) is 6.11. The molecule has 1 amide bonds. The fourth-order valence-electron chi connectivity index (χ4n) is 2.37. The maximum absolute atomic E-state index is 11.9. The molecule has 1 unspecified atom stereocenters. The zero-order chi connectivity index (χ0) is 20.9. The number of ether oxygens (including phenoxy) is 2. The Bertz CT molecular complexity index is 756. The van der Waals surface area contributed by atoms with Gasteiger partial charge in [0.05, 0.1) is 24.8 Å². The maximum Gasteiger partial charge on any atom is 0.306 e. The van der Waals surface area contributed by atoms with E-state index in [1.807, 2.05) is 18.2 Å². The first kappa shape index (κ1) is 22.7. The summed E-state index contributed by atoms with van der Waals surface area (Å²) in [4.78, 5) is 23.3. The lowest BCUT2D eigenvalue weighted by atomic mass is 10.2. The third kappa shape index (κ3) is 8.55. The molecule has 10 heteroatoms. The Morgan fingerprint density at radius 1 is 1.21 bits per heavy atom. The summed E-state index contributed by atoms with van der Waals surface area (Å²) in [6.45, 7) is 3.39. The average molecular weight is 423 g/mol. The summed E-state index contributed by atoms with van der Waals surface area (Å²) < 4.78 is 18.6. The van der Waals surface area contributed by atoms with Gasteiger partial charge in [-0.05, 0) is 19.1 Å². The molecule has 0 radical (unpaired) electrons. The number of nitrogens with zero attached hydrogens (tertiary/aromatic N) is 2. The molecule has 1 aromatic heterocycles. The molecule has 158 valence electrons. The first-order chi connectivity index (χ1) is 14.1. The van der Waals surface area contributed by atoms with E-state index < -0.39 is 6.10 Å². The van der Waals surface area contributed by atoms with Gasteiger partial charge in [-0.2, -0.15) is 4.37 Å². The quantitative estimate of drug-likeness (QED) is 0.320. The van der Waals surface area contributed by atoms with E-state index in [2.05, 4.69) is 19.4 Å². The summed E-state index contributed by atoms with van der Waals surface area (Å²) in [5, 5.41) is 15.9. The van der Waals surface area contributed by atoms with E-state index >= 15 is 0 Å². The number of hydrogen-bond acceptors (Lipinski definition) is 9. The van der Waals surface area contributed by atoms with Crippen LogP contribution in [0.2, 0.25) is 0 Å². The van der Waals surface area contributed by atoms with E-state index in [4.69, 9.17) is 9.47 Å². The summed E-state index contributed by atoms with van der Waals surface area (Å²) in [6, 6.07) is 8.97. The maximum atomic E-state index is 11.9. The van der Waals surface area contributed by atoms with Crippen LogP contribution in [0, 0.1) is 0 Å². The lowest BCUT2D eigenvalue weighted by Gasteiger charge is -2.13. The van der Waals surface area contributed by atoms with E-state index in [-0.39, 0.29) is 24.9 Å². The van der Waals surface area contributed by atoms with Gasteiger partial charge < -0.3 is 25.2 Å². The molecule has 9 nitrogen and oxygen atoms in total. The minimum atomic E-state index is -0.751. The highest BCUT2D eigenvalue weighted by molar-refractivity contribution is 6.99. The van der Waals surface area contributed by atoms with Gasteiger partial charge in [0.15, 0.2) is 0 Å². The van der Waals surface area contributed by atoms with Gasteiger partial charge in [-0.25, -0.2) is 0 Å². The number of aliphatic hydroxyl groups excluding tert-OH is 1. The average Bonchev–Trinajstić information content (AvgIpc) is 3.18. The summed E-state index contributed by atoms with van der Waals surface area (Å²) >= 11 is 0.994. The predicted molar refractivity (Wildman–Crippen MR) is 108 cm³/mol. The third-order valence-corrected chi connectivity index (χ3v) is 4.36. The fraction of sp³-hybridized carbons (Fsp3) is 0.474. The Kier molecular flexibility index (Phi) is 10.0. The number of amides is 1. The Morgan fingerprint density at radius 2 is 2.00 bits per heavy atom. The van der Waals surface area contributed by atoms with Crippen LogP contribution < -0.4 is 15.4 Å². The summed E-state index contributed by atoms with van der Waals surface area (Å²) in [6.07, 6.45) is -0.173. The number of aliphatic hydroxyl groups is 1. The van der Waals surface area contributed by atoms with Crippen LogP contribution in [-0.4, -0.2) is 64.7 Å². The van der Waals surface area contributed by atoms with Crippen LogP contribution in [0.1, 0.15) is 29.4 Å². The number of rotatable bonds is 13. The summed E-state index contributed by atoms with van der Waals surface area (Å²) in [7, 11) is 0. The molecule has 0 spiro atoms. The molecule has 0 saturated carbocycles. The topological polar surface area (TPSA) is 123 Å². The van der Waals surface area contributed by atoms with Crippen molar-refractivity contribution >= 4 is 23.6 Å². The van der Waals surface area contributed by atoms with E-state index in [0.717, 1.165) is 11.7 Å². The SMILES string of the molecule is CCOC(=O)CCc1nsnc1OCC(O)CNCCNC(=O)c1ccccc1. The molecule has 0 aliphatic carbocycles. The zero-order valence-corrected chi connectivity index (χ0v) is 17.1. The number of benzene rings is 1. The summed E-state index contributed by atoms with van der Waals surface area (Å²) in [5.41, 5.74) is 1.18. The minimum absolute atomic E-state index is 0.0429. The number of nitrogens with one attached hydrogen (secondary N) is 2. The predicted octanol–water partition coefficient (Wildman–Crippen LogP) is 0.793. The molecule has 29 heavy (non-hydrogen) atoms. The Hall–Kier alpha value is -2.56. The molecule has 1 aromatic carbocycles. The van der Waals surface area contributed by atoms with Crippen LogP contribution in [0.3, 0.4) is 0 Å². The fourth-order valence-corrected chi connectivity index (χ4v) is 2.91. The largest absolute Gasteiger partial charge is 0.473 e. The summed E-state index contributed by atoms with van der Waals surface area (Å²) in [5.74, 6) is -0.105. The molecule has 1 atom stereocenters. The highest BCUT2D eigenvalue weighted by Gasteiger charge is 2.14. The monoisotopic (exact) mass is 422 g/mol. The van der Waals surface area contributed by atoms with Crippen molar-refractivity contribution in [3.63, 3.8) is 0 Å². The number of hydrogen-bond donors (Lipinski definition) is 3. The van der Waals surface area contributed by atoms with Gasteiger partial charge in [0, 0.05) is 31.6 Å². The second kappa shape index (κ2) is 12.8. The van der Waals surface area contributed by atoms with Crippen molar-refractivity contribution in [2.45, 2.75) is 25.9 Å². The van der Waals surface area contributed by atoms with Gasteiger partial charge in [-0.15, -0.1) is 4.37 Å². The van der Waals surface area contributed by atoms with Crippen molar-refractivity contribution in [1.82, 2.24) is 19.4 Å². The highest BCUT2D eigenvalue weighted by Crippen LogP contribution is 2.17. The molecule has 0 bridgehead atoms. The second-order valence-corrected chi connectivity index (χ2v) is 6.64. The lowest BCUT2D eigenvalue weighted by molar-refractivity contribution is -0.143. The first-order valence-electron chi connectivity index (χ1n) is 9.42. The van der Waals surface area contributed by atoms with Crippen molar-refractivity contribution in [3.05, 3.63) is 41.6 Å². The van der Waals surface area contributed by atoms with Crippen molar-refractivity contribution in [2.24, 2.45) is 0 Å². The van der Waals surface area contributed by atoms with Gasteiger partial charge in [0.25, 0.3) is 5.91 Å². The van der Waals surface area contributed by atoms with Crippen LogP contribution in [0.15, 0.2) is 30.3 Å². The Morgan fingerprint density at radius 3 is 2.76 bits per heavy atom. The molecule has 0 aliphatic heterocycles. The minimum Gasteiger partial charge on any atom is -0.473 e. The van der Waals surface area contributed by atoms with Gasteiger partial charge >= 0.3 is 5.97 Å². The molecule has 0 fully saturated rings. The molecule has 0 aliphatic rings. The van der Waals surface area contributed by atoms with Gasteiger partial charge in [-0.1, -0.05) is 18.2 Å². The zero-order valence-electron chi connectivity index (χ0n) is 16.3. The first-order valence-corrected chi connectivity index (χ1v) is 10.1. The van der Waals surface area contributed by atoms with Crippen molar-refractivity contribution < 1.29 is 24.2 Å². The molecule has 0 saturated heterocycles. The Balaban J connectivity index is 1.59. The Labute approximate surface area is 173 Å². The molecule has 2 aromatic rings. The molecule has 2 rings (SSSR count). The van der Waals surface area contributed by atoms with Crippen LogP contribution in [0.25, 0.3) is 0 Å². The number of esters is 1. The van der Waals surface area contributed by atoms with E-state index in [1.165, 1.54) is 0 Å². The van der Waals surface area contributed by atoms with Crippen molar-refractivity contribution in [1.29, 1.82) is 0 Å². The number of aryl methyl sites for hydroxylation is 1. The van der Waals surface area contributed by atoms with Crippen molar-refractivity contribution in [3.8, 4) is 5.88 Å². The van der Waals surface area contributed by atoms with Crippen molar-refractivity contribution in [2.75, 3.05) is 32.8 Å². The third-order valence-electron chi connectivity index (χ3n) is 3.81. The van der Waals surface area contributed by atoms with Gasteiger partial charge in [-0.3, -0.25) is 9.59 Å². The molecular weight excluding hydrogens is 396 g/mol. The smallest absolute Gasteiger partial charge is 0.306 e. The molecule has 3 N–H and O–H groups in total. The van der Waals surface area contributed by atoms with E-state index in [9.17, 15) is 14.7 Å². The van der Waals surface area contributed by atoms with E-state index in [0.29, 0.717) is 49.8 Å².